The molecule has 0 bridgehead atoms. The molecule has 0 unspecified atom stereocenters. The normalized spacial score (nSPS) is 14.8. The van der Waals surface area contributed by atoms with E-state index in [1.165, 1.54) is 41.9 Å². The zero-order chi connectivity index (χ0) is 29.1. The van der Waals surface area contributed by atoms with Gasteiger partial charge in [-0.2, -0.15) is 0 Å². The fourth-order valence-corrected chi connectivity index (χ4v) is 6.34. The summed E-state index contributed by atoms with van der Waals surface area (Å²) in [5.41, 5.74) is 1.86. The molecule has 0 spiro atoms. The summed E-state index contributed by atoms with van der Waals surface area (Å²) in [7, 11) is 1.52. The number of esters is 1. The number of methoxy groups -OCH3 is 1. The van der Waals surface area contributed by atoms with Crippen LogP contribution in [0.25, 0.3) is 6.08 Å². The van der Waals surface area contributed by atoms with Gasteiger partial charge in [0, 0.05) is 22.6 Å². The van der Waals surface area contributed by atoms with E-state index in [0.29, 0.717) is 37.7 Å². The molecule has 4 aromatic rings. The molecule has 12 heteroatoms. The maximum Gasteiger partial charge on any atom is 0.338 e. The average molecular weight is 592 g/mol. The van der Waals surface area contributed by atoms with Gasteiger partial charge in [-0.1, -0.05) is 29.5 Å². The Hall–Kier alpha value is -4.55. The second-order valence-electron chi connectivity index (χ2n) is 8.91. The predicted octanol–water partition coefficient (Wildman–Crippen LogP) is 4.36. The van der Waals surface area contributed by atoms with Crippen molar-refractivity contribution in [2.45, 2.75) is 26.5 Å². The smallest absolute Gasteiger partial charge is 0.338 e. The molecule has 2 aromatic heterocycles. The Morgan fingerprint density at radius 1 is 1.17 bits per heavy atom. The molecule has 210 valence electrons. The highest BCUT2D eigenvalue weighted by Gasteiger charge is 2.34. The lowest BCUT2D eigenvalue weighted by Gasteiger charge is -2.23. The third-order valence-corrected chi connectivity index (χ3v) is 8.28. The lowest BCUT2D eigenvalue weighted by molar-refractivity contribution is -0.384. The highest BCUT2D eigenvalue weighted by atomic mass is 32.1. The number of allylic oxidation sites excluding steroid dienone is 1. The van der Waals surface area contributed by atoms with Crippen LogP contribution >= 0.6 is 22.7 Å². The Labute approximate surface area is 242 Å². The fraction of sp³-hybridized carbons (Fsp3) is 0.207. The highest BCUT2D eigenvalue weighted by Crippen LogP contribution is 2.34. The molecular weight excluding hydrogens is 566 g/mol. The number of rotatable bonds is 9. The molecule has 0 radical (unpaired) electrons. The third-order valence-electron chi connectivity index (χ3n) is 6.38. The minimum Gasteiger partial charge on any atom is -0.493 e. The van der Waals surface area contributed by atoms with Crippen LogP contribution in [0.15, 0.2) is 81.0 Å². The van der Waals surface area contributed by atoms with E-state index in [-0.39, 0.29) is 24.5 Å². The minimum atomic E-state index is -0.657. The molecular formula is C29H25N3O7S2. The van der Waals surface area contributed by atoms with Gasteiger partial charge in [0.25, 0.3) is 11.2 Å². The second-order valence-corrected chi connectivity index (χ2v) is 10.9. The number of nitrogens with zero attached hydrogens (tertiary/aromatic N) is 3. The van der Waals surface area contributed by atoms with E-state index < -0.39 is 16.9 Å². The van der Waals surface area contributed by atoms with Crippen molar-refractivity contribution in [1.29, 1.82) is 0 Å². The Morgan fingerprint density at radius 2 is 1.95 bits per heavy atom. The molecule has 10 nitrogen and oxygen atoms in total. The summed E-state index contributed by atoms with van der Waals surface area (Å²) in [5.74, 6) is 0.374. The quantitative estimate of drug-likeness (QED) is 0.161. The molecule has 1 aliphatic heterocycles. The number of benzene rings is 2. The van der Waals surface area contributed by atoms with E-state index in [4.69, 9.17) is 14.2 Å². The first-order chi connectivity index (χ1) is 19.8. The van der Waals surface area contributed by atoms with Crippen LogP contribution in [0, 0.1) is 10.1 Å². The Morgan fingerprint density at radius 3 is 2.61 bits per heavy atom. The molecule has 5 rings (SSSR count). The first-order valence-electron chi connectivity index (χ1n) is 12.6. The van der Waals surface area contributed by atoms with Gasteiger partial charge in [-0.05, 0) is 55.1 Å². The van der Waals surface area contributed by atoms with Gasteiger partial charge in [0.05, 0.1) is 34.4 Å². The molecule has 1 atom stereocenters. The minimum absolute atomic E-state index is 0.00990. The highest BCUT2D eigenvalue weighted by molar-refractivity contribution is 7.10. The molecule has 0 saturated carbocycles. The van der Waals surface area contributed by atoms with Gasteiger partial charge in [0.1, 0.15) is 12.6 Å². The number of nitro benzene ring substituents is 1. The van der Waals surface area contributed by atoms with Crippen molar-refractivity contribution in [2.75, 3.05) is 13.7 Å². The van der Waals surface area contributed by atoms with Crippen molar-refractivity contribution in [2.24, 2.45) is 4.99 Å². The van der Waals surface area contributed by atoms with Crippen LogP contribution in [0.4, 0.5) is 5.69 Å². The number of fused-ring (bicyclic) bond motifs is 1. The van der Waals surface area contributed by atoms with Crippen molar-refractivity contribution < 1.29 is 23.9 Å². The second kappa shape index (κ2) is 11.9. The number of hydrogen-bond donors (Lipinski definition) is 0. The molecule has 0 N–H and O–H groups in total. The van der Waals surface area contributed by atoms with Crippen LogP contribution < -0.4 is 24.4 Å². The number of aromatic nitrogens is 1. The van der Waals surface area contributed by atoms with Gasteiger partial charge in [-0.3, -0.25) is 19.5 Å². The van der Waals surface area contributed by atoms with Crippen molar-refractivity contribution in [1.82, 2.24) is 4.57 Å². The van der Waals surface area contributed by atoms with Gasteiger partial charge in [0.15, 0.2) is 16.3 Å². The molecule has 0 amide bonds. The van der Waals surface area contributed by atoms with E-state index in [9.17, 15) is 19.7 Å². The summed E-state index contributed by atoms with van der Waals surface area (Å²) in [6.07, 6.45) is 1.71. The number of ether oxygens (including phenoxy) is 3. The number of thiophene rings is 1. The van der Waals surface area contributed by atoms with Gasteiger partial charge >= 0.3 is 5.97 Å². The van der Waals surface area contributed by atoms with Gasteiger partial charge < -0.3 is 14.2 Å². The number of thiazole rings is 1. The standard InChI is InChI=1S/C29H25N3O7S2/c1-4-38-28(34)24-17(2)30-29-31(25(24)22-9-6-14-40-22)27(33)23(41-29)15-19-7-5-8-21(37-3)26(19)39-16-18-10-12-20(13-11-18)32(35)36/h5-15,25H,4,16H2,1-3H3/b23-15-/t25-/m1/s1. The first-order valence-corrected chi connectivity index (χ1v) is 14.3. The summed E-state index contributed by atoms with van der Waals surface area (Å²) in [4.78, 5) is 43.3. The van der Waals surface area contributed by atoms with E-state index >= 15 is 0 Å². The van der Waals surface area contributed by atoms with Gasteiger partial charge in [-0.15, -0.1) is 11.3 Å². The van der Waals surface area contributed by atoms with Crippen molar-refractivity contribution in [3.05, 3.63) is 117 Å². The van der Waals surface area contributed by atoms with Crippen LogP contribution in [0.3, 0.4) is 0 Å². The van der Waals surface area contributed by atoms with E-state index in [0.717, 1.165) is 10.4 Å². The Kier molecular flexibility index (Phi) is 8.13. The van der Waals surface area contributed by atoms with Crippen LogP contribution in [-0.4, -0.2) is 29.2 Å². The van der Waals surface area contributed by atoms with Crippen LogP contribution in [0.2, 0.25) is 0 Å². The van der Waals surface area contributed by atoms with Crippen molar-refractivity contribution in [3.8, 4) is 11.5 Å². The van der Waals surface area contributed by atoms with Crippen LogP contribution in [0.1, 0.15) is 35.9 Å². The molecule has 2 aromatic carbocycles. The number of non-ortho nitro benzene ring substituents is 1. The molecule has 0 saturated heterocycles. The van der Waals surface area contributed by atoms with Crippen molar-refractivity contribution >= 4 is 40.4 Å². The molecule has 41 heavy (non-hydrogen) atoms. The topological polar surface area (TPSA) is 122 Å². The maximum absolute atomic E-state index is 13.9. The number of hydrogen-bond acceptors (Lipinski definition) is 10. The van der Waals surface area contributed by atoms with Gasteiger partial charge in [0.2, 0.25) is 0 Å². The molecule has 0 aliphatic carbocycles. The maximum atomic E-state index is 13.9. The zero-order valence-corrected chi connectivity index (χ0v) is 24.0. The predicted molar refractivity (Wildman–Crippen MR) is 155 cm³/mol. The fourth-order valence-electron chi connectivity index (χ4n) is 4.48. The van der Waals surface area contributed by atoms with Gasteiger partial charge in [-0.25, -0.2) is 9.79 Å². The SMILES string of the molecule is CCOC(=O)C1=C(C)N=c2s/c(=C\c3cccc(OC)c3OCc3ccc([N+](=O)[O-])cc3)c(=O)n2[C@@H]1c1cccs1. The van der Waals surface area contributed by atoms with E-state index in [1.807, 2.05) is 17.5 Å². The Balaban J connectivity index is 1.58. The number of carbonyl (C=O) groups is 1. The van der Waals surface area contributed by atoms with Crippen molar-refractivity contribution in [3.63, 3.8) is 0 Å². The number of carbonyl (C=O) groups excluding carboxylic acids is 1. The molecule has 0 fully saturated rings. The Bertz CT molecular complexity index is 1820. The summed E-state index contributed by atoms with van der Waals surface area (Å²) >= 11 is 2.66. The van der Waals surface area contributed by atoms with E-state index in [1.54, 1.807) is 54.8 Å². The number of para-hydroxylation sites is 1. The van der Waals surface area contributed by atoms with E-state index in [2.05, 4.69) is 4.99 Å². The third kappa shape index (κ3) is 5.56. The summed E-state index contributed by atoms with van der Waals surface area (Å²) in [6.45, 7) is 3.81. The zero-order valence-electron chi connectivity index (χ0n) is 22.4. The summed E-state index contributed by atoms with van der Waals surface area (Å²) in [5, 5.41) is 12.9. The monoisotopic (exact) mass is 591 g/mol. The lowest BCUT2D eigenvalue weighted by Crippen LogP contribution is -2.39. The lowest BCUT2D eigenvalue weighted by atomic mass is 10.0. The van der Waals surface area contributed by atoms with Crippen LogP contribution in [0.5, 0.6) is 11.5 Å². The molecule has 3 heterocycles. The first kappa shape index (κ1) is 28.0. The molecule has 1 aliphatic rings. The summed E-state index contributed by atoms with van der Waals surface area (Å²) in [6, 6.07) is 14.5. The summed E-state index contributed by atoms with van der Waals surface area (Å²) < 4.78 is 18.9. The number of nitro groups is 1. The average Bonchev–Trinajstić information content (AvgIpc) is 3.60. The largest absolute Gasteiger partial charge is 0.493 e. The van der Waals surface area contributed by atoms with Crippen LogP contribution in [-0.2, 0) is 16.1 Å².